The maximum Gasteiger partial charge on any atom is 0.592 e. The van der Waals surface area contributed by atoms with Gasteiger partial charge in [0.15, 0.2) is 11.5 Å². The molecule has 55 heavy (non-hydrogen) atoms. The predicted molar refractivity (Wildman–Crippen MR) is 194 cm³/mol. The Morgan fingerprint density at radius 2 is 0.964 bits per heavy atom. The fourth-order valence-electron chi connectivity index (χ4n) is 9.09. The first-order valence-corrected chi connectivity index (χ1v) is 22.1. The first-order chi connectivity index (χ1) is 25.0. The van der Waals surface area contributed by atoms with E-state index in [2.05, 4.69) is 0 Å². The molecule has 296 valence electrons. The van der Waals surface area contributed by atoms with E-state index in [-0.39, 0.29) is 39.7 Å². The van der Waals surface area contributed by atoms with Gasteiger partial charge in [-0.1, -0.05) is 62.3 Å². The van der Waals surface area contributed by atoms with Crippen LogP contribution in [0, 0.1) is 20.8 Å². The largest absolute Gasteiger partial charge is 0.592 e. The lowest BCUT2D eigenvalue weighted by atomic mass is 9.56. The summed E-state index contributed by atoms with van der Waals surface area (Å²) in [5.74, 6) is -9.32. The fourth-order valence-corrected chi connectivity index (χ4v) is 14.1. The normalized spacial score (nSPS) is 35.0. The molecule has 15 nitrogen and oxygen atoms in total. The first kappa shape index (κ1) is 37.6. The van der Waals surface area contributed by atoms with Gasteiger partial charge in [0, 0.05) is 16.7 Å². The average Bonchev–Trinajstić information content (AvgIpc) is 3.50. The van der Waals surface area contributed by atoms with Crippen LogP contribution in [0.3, 0.4) is 0 Å². The van der Waals surface area contributed by atoms with Crippen molar-refractivity contribution in [2.45, 2.75) is 122 Å². The number of aryl methyl sites for hydroxylation is 2. The average molecular weight is 821 g/mol. The molecule has 12 rings (SSSR count). The molecule has 6 saturated heterocycles. The van der Waals surface area contributed by atoms with E-state index in [0.717, 1.165) is 0 Å². The monoisotopic (exact) mass is 820 g/mol. The molecular formula is C37H43O15P3. The van der Waals surface area contributed by atoms with E-state index in [1.165, 1.54) is 0 Å². The Hall–Kier alpha value is -2.93. The number of phenols is 3. The fraction of sp³-hybridized carbons (Fsp3) is 0.514. The standard InChI is InChI=1S/C37H43O15P3/c1-17-13-24(38)22(31(4,5)6)15-20(17)34(21-16-23(32(7,8)9)25(39)14-18(21)2)26-19(3)29-28(40)27(33(10,11)12)30(26)45-53(41,44-29)50-37-36(49-55(43,51-37)52-37)35(34)46-54(42,47-35)48-36/h13-16,38-40H,1-12H3. The molecule has 9 heterocycles. The van der Waals surface area contributed by atoms with Crippen LogP contribution in [-0.4, -0.2) is 32.9 Å². The molecule has 9 aliphatic heterocycles. The summed E-state index contributed by atoms with van der Waals surface area (Å²) in [6, 6.07) is 6.59. The van der Waals surface area contributed by atoms with Crippen molar-refractivity contribution in [3.8, 4) is 28.7 Å². The molecule has 6 fully saturated rings. The van der Waals surface area contributed by atoms with Crippen molar-refractivity contribution in [2.75, 3.05) is 0 Å². The maximum absolute atomic E-state index is 15.1. The number of hydrogen-bond donors (Lipinski definition) is 3. The lowest BCUT2D eigenvalue weighted by Gasteiger charge is -2.55. The predicted octanol–water partition coefficient (Wildman–Crippen LogP) is 9.28. The van der Waals surface area contributed by atoms with Crippen LogP contribution in [0.2, 0.25) is 0 Å². The van der Waals surface area contributed by atoms with Gasteiger partial charge >= 0.3 is 35.2 Å². The third kappa shape index (κ3) is 4.35. The Kier molecular flexibility index (Phi) is 6.98. The summed E-state index contributed by atoms with van der Waals surface area (Å²) < 4.78 is 98.7. The molecular weight excluding hydrogens is 777 g/mol. The Morgan fingerprint density at radius 1 is 0.545 bits per heavy atom. The molecule has 2 unspecified atom stereocenters. The van der Waals surface area contributed by atoms with E-state index in [9.17, 15) is 24.4 Å². The number of phenolic OH excluding ortho intramolecular Hbond substituents is 3. The Morgan fingerprint density at radius 3 is 1.42 bits per heavy atom. The molecule has 2 atom stereocenters. The number of fused-ring (bicyclic) bond motifs is 1. The second-order valence-electron chi connectivity index (χ2n) is 18.2. The number of benzene rings is 3. The van der Waals surface area contributed by atoms with Crippen molar-refractivity contribution in [3.05, 3.63) is 74.3 Å². The topological polar surface area (TPSA) is 195 Å². The number of rotatable bonds is 2. The third-order valence-corrected chi connectivity index (χ3v) is 15.4. The van der Waals surface area contributed by atoms with Gasteiger partial charge in [0.1, 0.15) is 22.7 Å². The molecule has 3 aromatic carbocycles. The summed E-state index contributed by atoms with van der Waals surface area (Å²) in [6.07, 6.45) is 0. The van der Waals surface area contributed by atoms with Crippen LogP contribution < -0.4 is 9.05 Å². The van der Waals surface area contributed by atoms with Crippen LogP contribution in [-0.2, 0) is 67.0 Å². The molecule has 18 heteroatoms. The second kappa shape index (κ2) is 10.2. The smallest absolute Gasteiger partial charge is 0.508 e. The quantitative estimate of drug-likeness (QED) is 0.207. The molecule has 9 aliphatic rings. The van der Waals surface area contributed by atoms with Crippen LogP contribution in [0.5, 0.6) is 28.7 Å². The van der Waals surface area contributed by atoms with Crippen molar-refractivity contribution in [3.63, 3.8) is 0 Å². The van der Waals surface area contributed by atoms with Crippen LogP contribution in [0.25, 0.3) is 0 Å². The van der Waals surface area contributed by atoms with Crippen molar-refractivity contribution in [2.24, 2.45) is 0 Å². The van der Waals surface area contributed by atoms with E-state index < -0.39 is 68.4 Å². The van der Waals surface area contributed by atoms with Crippen molar-refractivity contribution in [1.82, 2.24) is 0 Å². The summed E-state index contributed by atoms with van der Waals surface area (Å²) in [4.78, 5) is 0. The van der Waals surface area contributed by atoms with E-state index in [1.54, 1.807) is 65.8 Å². The van der Waals surface area contributed by atoms with Gasteiger partial charge in [0.05, 0.1) is 0 Å². The minimum Gasteiger partial charge on any atom is -0.508 e. The van der Waals surface area contributed by atoms with Gasteiger partial charge in [0.25, 0.3) is 5.79 Å². The zero-order valence-electron chi connectivity index (χ0n) is 32.4. The van der Waals surface area contributed by atoms with Crippen LogP contribution >= 0.6 is 23.5 Å². The number of phosphoric ester groups is 3. The summed E-state index contributed by atoms with van der Waals surface area (Å²) in [6.45, 7) is 21.9. The first-order valence-electron chi connectivity index (χ1n) is 17.8. The summed E-state index contributed by atoms with van der Waals surface area (Å²) in [5.41, 5.74) is -1.67. The zero-order valence-corrected chi connectivity index (χ0v) is 35.1. The highest BCUT2D eigenvalue weighted by molar-refractivity contribution is 7.52. The van der Waals surface area contributed by atoms with Crippen LogP contribution in [0.15, 0.2) is 24.3 Å². The van der Waals surface area contributed by atoms with Gasteiger partial charge < -0.3 is 24.4 Å². The number of hydrogen-bond acceptors (Lipinski definition) is 15. The second-order valence-corrected chi connectivity index (χ2v) is 22.5. The van der Waals surface area contributed by atoms with E-state index in [0.29, 0.717) is 33.4 Å². The molecule has 0 aliphatic carbocycles. The Bertz CT molecular complexity index is 2380. The van der Waals surface area contributed by atoms with Gasteiger partial charge in [0.2, 0.25) is 0 Å². The minimum absolute atomic E-state index is 0.0387. The van der Waals surface area contributed by atoms with Crippen molar-refractivity contribution in [1.29, 1.82) is 0 Å². The zero-order chi connectivity index (χ0) is 40.3. The molecule has 0 radical (unpaired) electrons. The number of phosphoric acid groups is 3. The van der Waals surface area contributed by atoms with Gasteiger partial charge in [-0.3, -0.25) is 0 Å². The molecule has 8 bridgehead atoms. The Labute approximate surface area is 317 Å². The minimum atomic E-state index is -5.10. The highest BCUT2D eigenvalue weighted by Crippen LogP contribution is 2.95. The van der Waals surface area contributed by atoms with Gasteiger partial charge in [-0.2, -0.15) is 0 Å². The molecule has 0 saturated carbocycles. The van der Waals surface area contributed by atoms with Crippen molar-refractivity contribution < 1.29 is 69.7 Å². The molecule has 0 aromatic heterocycles. The van der Waals surface area contributed by atoms with Gasteiger partial charge in [-0.25, -0.2) is 45.4 Å². The summed E-state index contributed by atoms with van der Waals surface area (Å²) in [5, 5.41) is 35.1. The lowest BCUT2D eigenvalue weighted by molar-refractivity contribution is -0.416. The van der Waals surface area contributed by atoms with Crippen LogP contribution in [0.1, 0.15) is 112 Å². The van der Waals surface area contributed by atoms with Crippen LogP contribution in [0.4, 0.5) is 0 Å². The highest BCUT2D eigenvalue weighted by atomic mass is 31.2. The molecule has 3 N–H and O–H groups in total. The van der Waals surface area contributed by atoms with Crippen molar-refractivity contribution >= 4 is 23.5 Å². The maximum atomic E-state index is 15.1. The third-order valence-electron chi connectivity index (χ3n) is 11.2. The molecule has 3 spiro atoms. The number of aromatic hydroxyl groups is 3. The van der Waals surface area contributed by atoms with E-state index >= 15 is 4.57 Å². The SMILES string of the molecule is Cc1cc(O)c(C(C)(C)C)cc1C1(c2cc(C(C)(C)C)c(O)cc2C)c2c(C)c3c(O)c(C(C)(C)C)c2OP(=O)(O3)OC23OP(=O)(O2)OC32OP3(=O)OC12O3. The van der Waals surface area contributed by atoms with Gasteiger partial charge in [-0.05, 0) is 94.7 Å². The summed E-state index contributed by atoms with van der Waals surface area (Å²) in [7, 11) is -14.4. The lowest BCUT2D eigenvalue weighted by Crippen LogP contribution is -2.74. The summed E-state index contributed by atoms with van der Waals surface area (Å²) >= 11 is 0. The molecule has 3 aromatic rings. The van der Waals surface area contributed by atoms with E-state index in [4.69, 9.17) is 40.7 Å². The van der Waals surface area contributed by atoms with E-state index in [1.807, 2.05) is 41.5 Å². The van der Waals surface area contributed by atoms with Gasteiger partial charge in [-0.15, -0.1) is 0 Å². The molecule has 0 amide bonds. The highest BCUT2D eigenvalue weighted by Gasteiger charge is 3.03. The Balaban J connectivity index is 1.62.